The van der Waals surface area contributed by atoms with E-state index in [0.29, 0.717) is 11.4 Å². The van der Waals surface area contributed by atoms with E-state index in [4.69, 9.17) is 5.73 Å². The van der Waals surface area contributed by atoms with Gasteiger partial charge in [0.05, 0.1) is 11.4 Å². The molecule has 3 rings (SSSR count). The van der Waals surface area contributed by atoms with Crippen molar-refractivity contribution in [2.45, 2.75) is 13.8 Å². The number of nitriles is 1. The third-order valence-corrected chi connectivity index (χ3v) is 3.89. The number of rotatable bonds is 3. The molecule has 0 aliphatic carbocycles. The number of hydrogen-bond acceptors (Lipinski definition) is 4. The monoisotopic (exact) mass is 328 g/mol. The van der Waals surface area contributed by atoms with Crippen LogP contribution in [0, 0.1) is 25.2 Å². The molecule has 1 heterocycles. The quantitative estimate of drug-likeness (QED) is 0.797. The lowest BCUT2D eigenvalue weighted by molar-refractivity contribution is 0.0995. The minimum absolute atomic E-state index is 0.0704. The zero-order valence-electron chi connectivity index (χ0n) is 13.9. The molecule has 0 bridgehead atoms. The molecule has 0 saturated heterocycles. The smallest absolute Gasteiger partial charge is 0.270 e. The van der Waals surface area contributed by atoms with Gasteiger partial charge in [0.1, 0.15) is 6.07 Å². The molecular formula is C20H16N4O. The molecule has 0 spiro atoms. The average molecular weight is 328 g/mol. The third kappa shape index (κ3) is 3.24. The van der Waals surface area contributed by atoms with E-state index in [-0.39, 0.29) is 11.4 Å². The SMILES string of the molecule is Cc1ccc(-c2nc(C#N)c(C(N)=O)nc2-c2ccc(C)cc2)cc1. The fraction of sp³-hybridized carbons (Fsp3) is 0.100. The Labute approximate surface area is 145 Å². The van der Waals surface area contributed by atoms with Gasteiger partial charge in [-0.3, -0.25) is 4.79 Å². The van der Waals surface area contributed by atoms with Crippen LogP contribution in [0.2, 0.25) is 0 Å². The fourth-order valence-electron chi connectivity index (χ4n) is 2.51. The van der Waals surface area contributed by atoms with Gasteiger partial charge in [-0.1, -0.05) is 59.7 Å². The summed E-state index contributed by atoms with van der Waals surface area (Å²) >= 11 is 0. The van der Waals surface area contributed by atoms with Gasteiger partial charge in [-0.2, -0.15) is 5.26 Å². The molecule has 0 saturated carbocycles. The first-order chi connectivity index (χ1) is 12.0. The summed E-state index contributed by atoms with van der Waals surface area (Å²) in [6, 6.07) is 17.4. The van der Waals surface area contributed by atoms with Gasteiger partial charge in [-0.15, -0.1) is 0 Å². The van der Waals surface area contributed by atoms with Gasteiger partial charge < -0.3 is 5.73 Å². The zero-order valence-corrected chi connectivity index (χ0v) is 13.9. The van der Waals surface area contributed by atoms with Crippen LogP contribution in [0.4, 0.5) is 0 Å². The van der Waals surface area contributed by atoms with E-state index in [9.17, 15) is 10.1 Å². The Morgan fingerprint density at radius 3 is 1.72 bits per heavy atom. The summed E-state index contributed by atoms with van der Waals surface area (Å²) in [7, 11) is 0. The van der Waals surface area contributed by atoms with Crippen LogP contribution in [-0.2, 0) is 0 Å². The van der Waals surface area contributed by atoms with Crippen LogP contribution >= 0.6 is 0 Å². The first-order valence-electron chi connectivity index (χ1n) is 7.75. The van der Waals surface area contributed by atoms with Gasteiger partial charge in [0.2, 0.25) is 0 Å². The lowest BCUT2D eigenvalue weighted by Crippen LogP contribution is -2.17. The highest BCUT2D eigenvalue weighted by molar-refractivity contribution is 5.94. The molecule has 3 aromatic rings. The highest BCUT2D eigenvalue weighted by Gasteiger charge is 2.19. The number of carbonyl (C=O) groups is 1. The molecule has 2 N–H and O–H groups in total. The summed E-state index contributed by atoms with van der Waals surface area (Å²) in [6.45, 7) is 3.98. The van der Waals surface area contributed by atoms with E-state index in [0.717, 1.165) is 22.3 Å². The lowest BCUT2D eigenvalue weighted by Gasteiger charge is -2.11. The van der Waals surface area contributed by atoms with Gasteiger partial charge in [0.25, 0.3) is 5.91 Å². The number of amides is 1. The number of primary amides is 1. The van der Waals surface area contributed by atoms with Crippen LogP contribution in [0.3, 0.4) is 0 Å². The second-order valence-electron chi connectivity index (χ2n) is 5.83. The fourth-order valence-corrected chi connectivity index (χ4v) is 2.51. The van der Waals surface area contributed by atoms with Crippen LogP contribution in [0.25, 0.3) is 22.5 Å². The molecule has 1 aromatic heterocycles. The van der Waals surface area contributed by atoms with Crippen molar-refractivity contribution < 1.29 is 4.79 Å². The number of hydrogen-bond donors (Lipinski definition) is 1. The number of nitrogens with two attached hydrogens (primary N) is 1. The Bertz CT molecular complexity index is 984. The van der Waals surface area contributed by atoms with Gasteiger partial charge in [0, 0.05) is 11.1 Å². The summed E-state index contributed by atoms with van der Waals surface area (Å²) < 4.78 is 0. The van der Waals surface area contributed by atoms with E-state index < -0.39 is 5.91 Å². The predicted octanol–water partition coefficient (Wildman–Crippen LogP) is 3.40. The Morgan fingerprint density at radius 1 is 0.880 bits per heavy atom. The molecule has 0 fully saturated rings. The largest absolute Gasteiger partial charge is 0.364 e. The maximum Gasteiger partial charge on any atom is 0.270 e. The van der Waals surface area contributed by atoms with E-state index >= 15 is 0 Å². The standard InChI is InChI=1S/C20H16N4O/c1-12-3-7-14(8-4-12)17-18(15-9-5-13(2)6-10-15)24-19(20(22)25)16(11-21)23-17/h3-10H,1-2H3,(H2,22,25). The molecular weight excluding hydrogens is 312 g/mol. The summed E-state index contributed by atoms with van der Waals surface area (Å²) in [5.41, 5.74) is 10.1. The van der Waals surface area contributed by atoms with E-state index in [2.05, 4.69) is 9.97 Å². The normalized spacial score (nSPS) is 10.3. The molecule has 1 amide bonds. The molecule has 0 radical (unpaired) electrons. The molecule has 122 valence electrons. The van der Waals surface area contributed by atoms with Gasteiger partial charge in [-0.25, -0.2) is 9.97 Å². The summed E-state index contributed by atoms with van der Waals surface area (Å²) in [6.07, 6.45) is 0. The minimum atomic E-state index is -0.770. The maximum absolute atomic E-state index is 11.7. The topological polar surface area (TPSA) is 92.7 Å². The Hall–Kier alpha value is -3.52. The zero-order chi connectivity index (χ0) is 18.0. The van der Waals surface area contributed by atoms with Gasteiger partial charge in [-0.05, 0) is 13.8 Å². The number of nitrogens with zero attached hydrogens (tertiary/aromatic N) is 3. The Kier molecular flexibility index (Phi) is 4.27. The third-order valence-electron chi connectivity index (χ3n) is 3.89. The Morgan fingerprint density at radius 2 is 1.32 bits per heavy atom. The first kappa shape index (κ1) is 16.3. The lowest BCUT2D eigenvalue weighted by atomic mass is 10.0. The predicted molar refractivity (Wildman–Crippen MR) is 95.6 cm³/mol. The van der Waals surface area contributed by atoms with E-state index in [1.165, 1.54) is 0 Å². The molecule has 5 heteroatoms. The van der Waals surface area contributed by atoms with Crippen LogP contribution in [0.5, 0.6) is 0 Å². The highest BCUT2D eigenvalue weighted by Crippen LogP contribution is 2.30. The average Bonchev–Trinajstić information content (AvgIpc) is 2.62. The maximum atomic E-state index is 11.7. The molecule has 0 unspecified atom stereocenters. The van der Waals surface area contributed by atoms with Crippen LogP contribution in [-0.4, -0.2) is 15.9 Å². The second-order valence-corrected chi connectivity index (χ2v) is 5.83. The molecule has 25 heavy (non-hydrogen) atoms. The van der Waals surface area contributed by atoms with Crippen molar-refractivity contribution in [3.8, 4) is 28.6 Å². The van der Waals surface area contributed by atoms with Crippen LogP contribution < -0.4 is 5.73 Å². The van der Waals surface area contributed by atoms with Crippen molar-refractivity contribution in [1.82, 2.24) is 9.97 Å². The summed E-state index contributed by atoms with van der Waals surface area (Å²) in [4.78, 5) is 20.4. The number of aryl methyl sites for hydroxylation is 2. The molecule has 5 nitrogen and oxygen atoms in total. The minimum Gasteiger partial charge on any atom is -0.364 e. The number of benzene rings is 2. The Balaban J connectivity index is 2.31. The van der Waals surface area contributed by atoms with E-state index in [1.54, 1.807) is 0 Å². The molecule has 2 aromatic carbocycles. The van der Waals surface area contributed by atoms with Crippen LogP contribution in [0.15, 0.2) is 48.5 Å². The molecule has 0 aliphatic rings. The van der Waals surface area contributed by atoms with Crippen molar-refractivity contribution in [3.63, 3.8) is 0 Å². The van der Waals surface area contributed by atoms with Crippen molar-refractivity contribution in [3.05, 3.63) is 71.0 Å². The highest BCUT2D eigenvalue weighted by atomic mass is 16.1. The second kappa shape index (κ2) is 6.54. The van der Waals surface area contributed by atoms with Crippen molar-refractivity contribution >= 4 is 5.91 Å². The first-order valence-corrected chi connectivity index (χ1v) is 7.75. The number of aromatic nitrogens is 2. The number of carbonyl (C=O) groups excluding carboxylic acids is 1. The van der Waals surface area contributed by atoms with Crippen molar-refractivity contribution in [2.24, 2.45) is 5.73 Å². The van der Waals surface area contributed by atoms with Crippen molar-refractivity contribution in [2.75, 3.05) is 0 Å². The van der Waals surface area contributed by atoms with E-state index in [1.807, 2.05) is 68.4 Å². The van der Waals surface area contributed by atoms with Gasteiger partial charge in [0.15, 0.2) is 11.4 Å². The van der Waals surface area contributed by atoms with Crippen molar-refractivity contribution in [1.29, 1.82) is 5.26 Å². The van der Waals surface area contributed by atoms with Crippen LogP contribution in [0.1, 0.15) is 27.3 Å². The summed E-state index contributed by atoms with van der Waals surface area (Å²) in [5, 5.41) is 9.32. The van der Waals surface area contributed by atoms with Gasteiger partial charge >= 0.3 is 0 Å². The molecule has 0 aliphatic heterocycles. The summed E-state index contributed by atoms with van der Waals surface area (Å²) in [5.74, 6) is -0.770. The molecule has 0 atom stereocenters.